The highest BCUT2D eigenvalue weighted by molar-refractivity contribution is 5.84. The van der Waals surface area contributed by atoms with Crippen LogP contribution in [0.3, 0.4) is 0 Å². The Morgan fingerprint density at radius 2 is 1.48 bits per heavy atom. The summed E-state index contributed by atoms with van der Waals surface area (Å²) in [4.78, 5) is 34.5. The first-order valence-electron chi connectivity index (χ1n) is 10.1. The zero-order chi connectivity index (χ0) is 21.7. The van der Waals surface area contributed by atoms with E-state index in [0.717, 1.165) is 6.42 Å². The molecule has 0 saturated carbocycles. The molecule has 0 aromatic rings. The fourth-order valence-electron chi connectivity index (χ4n) is 2.10. The number of ether oxygens (including phenoxy) is 4. The van der Waals surface area contributed by atoms with Gasteiger partial charge in [-0.3, -0.25) is 14.4 Å². The SMILES string of the molecule is COC(=O)CNC(=O)[C@@H](C)CCC(=O)NCCCOCCOCCOCCCN. The van der Waals surface area contributed by atoms with Gasteiger partial charge in [-0.05, 0) is 25.8 Å². The van der Waals surface area contributed by atoms with Gasteiger partial charge in [0.15, 0.2) is 0 Å². The summed E-state index contributed by atoms with van der Waals surface area (Å²) in [5.41, 5.74) is 5.36. The van der Waals surface area contributed by atoms with Crippen LogP contribution in [0.1, 0.15) is 32.6 Å². The van der Waals surface area contributed by atoms with E-state index in [2.05, 4.69) is 15.4 Å². The second-order valence-electron chi connectivity index (χ2n) is 6.42. The van der Waals surface area contributed by atoms with E-state index >= 15 is 0 Å². The molecule has 0 heterocycles. The molecule has 0 aromatic heterocycles. The van der Waals surface area contributed by atoms with Crippen LogP contribution < -0.4 is 16.4 Å². The monoisotopic (exact) mass is 419 g/mol. The van der Waals surface area contributed by atoms with Gasteiger partial charge in [-0.2, -0.15) is 0 Å². The third-order valence-electron chi connectivity index (χ3n) is 3.91. The number of rotatable bonds is 19. The van der Waals surface area contributed by atoms with Crippen molar-refractivity contribution in [2.45, 2.75) is 32.6 Å². The lowest BCUT2D eigenvalue weighted by molar-refractivity contribution is -0.141. The maximum atomic E-state index is 11.8. The molecule has 0 saturated heterocycles. The second kappa shape index (κ2) is 19.6. The first-order valence-corrected chi connectivity index (χ1v) is 10.1. The molecule has 0 unspecified atom stereocenters. The fraction of sp³-hybridized carbons (Fsp3) is 0.842. The number of esters is 1. The van der Waals surface area contributed by atoms with Gasteiger partial charge in [0.2, 0.25) is 11.8 Å². The molecule has 2 amide bonds. The number of hydrogen-bond acceptors (Lipinski definition) is 8. The minimum Gasteiger partial charge on any atom is -0.468 e. The normalized spacial score (nSPS) is 11.7. The molecule has 1 atom stereocenters. The Bertz CT molecular complexity index is 450. The average molecular weight is 420 g/mol. The van der Waals surface area contributed by atoms with Crippen molar-refractivity contribution in [1.82, 2.24) is 10.6 Å². The lowest BCUT2D eigenvalue weighted by atomic mass is 10.0. The molecule has 0 aliphatic carbocycles. The summed E-state index contributed by atoms with van der Waals surface area (Å²) in [5.74, 6) is -1.26. The summed E-state index contributed by atoms with van der Waals surface area (Å²) in [6.45, 7) is 5.95. The molecule has 0 radical (unpaired) electrons. The predicted octanol–water partition coefficient (Wildman–Crippen LogP) is -0.403. The summed E-state index contributed by atoms with van der Waals surface area (Å²) in [5, 5.41) is 5.26. The molecule has 0 fully saturated rings. The highest BCUT2D eigenvalue weighted by atomic mass is 16.5. The lowest BCUT2D eigenvalue weighted by Gasteiger charge is -2.11. The Morgan fingerprint density at radius 1 is 0.897 bits per heavy atom. The van der Waals surface area contributed by atoms with Gasteiger partial charge in [-0.25, -0.2) is 0 Å². The molecule has 0 rings (SSSR count). The number of nitrogens with one attached hydrogen (secondary N) is 2. The summed E-state index contributed by atoms with van der Waals surface area (Å²) in [7, 11) is 1.25. The smallest absolute Gasteiger partial charge is 0.325 e. The van der Waals surface area contributed by atoms with Crippen LogP contribution in [0, 0.1) is 5.92 Å². The van der Waals surface area contributed by atoms with Crippen LogP contribution in [0.4, 0.5) is 0 Å². The molecule has 29 heavy (non-hydrogen) atoms. The van der Waals surface area contributed by atoms with E-state index in [1.165, 1.54) is 7.11 Å². The van der Waals surface area contributed by atoms with Gasteiger partial charge in [0.25, 0.3) is 0 Å². The van der Waals surface area contributed by atoms with E-state index in [0.29, 0.717) is 65.6 Å². The highest BCUT2D eigenvalue weighted by Gasteiger charge is 2.15. The average Bonchev–Trinajstić information content (AvgIpc) is 2.73. The predicted molar refractivity (Wildman–Crippen MR) is 107 cm³/mol. The van der Waals surface area contributed by atoms with E-state index < -0.39 is 5.97 Å². The Hall–Kier alpha value is -1.75. The fourth-order valence-corrected chi connectivity index (χ4v) is 2.10. The van der Waals surface area contributed by atoms with Crippen LogP contribution in [0.2, 0.25) is 0 Å². The largest absolute Gasteiger partial charge is 0.468 e. The zero-order valence-corrected chi connectivity index (χ0v) is 17.7. The molecule has 0 aliphatic rings. The molecule has 10 nitrogen and oxygen atoms in total. The van der Waals surface area contributed by atoms with E-state index in [1.807, 2.05) is 0 Å². The Balaban J connectivity index is 3.45. The van der Waals surface area contributed by atoms with E-state index in [1.54, 1.807) is 6.92 Å². The lowest BCUT2D eigenvalue weighted by Crippen LogP contribution is -2.34. The molecule has 0 spiro atoms. The molecule has 0 aromatic carbocycles. The van der Waals surface area contributed by atoms with Crippen LogP contribution in [0.25, 0.3) is 0 Å². The molecular formula is C19H37N3O7. The summed E-state index contributed by atoms with van der Waals surface area (Å²) < 4.78 is 20.5. The van der Waals surface area contributed by atoms with Gasteiger partial charge in [-0.15, -0.1) is 0 Å². The zero-order valence-electron chi connectivity index (χ0n) is 17.7. The van der Waals surface area contributed by atoms with Crippen molar-refractivity contribution in [3.63, 3.8) is 0 Å². The van der Waals surface area contributed by atoms with E-state index in [9.17, 15) is 14.4 Å². The van der Waals surface area contributed by atoms with Crippen LogP contribution in [0.5, 0.6) is 0 Å². The third kappa shape index (κ3) is 18.0. The van der Waals surface area contributed by atoms with E-state index in [-0.39, 0.29) is 30.7 Å². The second-order valence-corrected chi connectivity index (χ2v) is 6.42. The van der Waals surface area contributed by atoms with Crippen LogP contribution in [0.15, 0.2) is 0 Å². The van der Waals surface area contributed by atoms with Crippen molar-refractivity contribution in [2.24, 2.45) is 11.7 Å². The van der Waals surface area contributed by atoms with Crippen LogP contribution in [-0.4, -0.2) is 84.2 Å². The Morgan fingerprint density at radius 3 is 2.07 bits per heavy atom. The van der Waals surface area contributed by atoms with Gasteiger partial charge in [0, 0.05) is 32.1 Å². The van der Waals surface area contributed by atoms with Gasteiger partial charge in [0.1, 0.15) is 6.54 Å². The standard InChI is InChI=1S/C19H37N3O7/c1-16(19(25)22-15-18(24)26-2)5-6-17(23)21-8-4-10-28-12-14-29-13-11-27-9-3-7-20/h16H,3-15,20H2,1-2H3,(H,21,23)(H,22,25)/t16-/m0/s1. The van der Waals surface area contributed by atoms with Crippen molar-refractivity contribution in [3.8, 4) is 0 Å². The summed E-state index contributed by atoms with van der Waals surface area (Å²) in [6.07, 6.45) is 2.20. The first kappa shape index (κ1) is 27.2. The van der Waals surface area contributed by atoms with Gasteiger partial charge >= 0.3 is 5.97 Å². The number of amides is 2. The number of hydrogen-bond donors (Lipinski definition) is 3. The maximum Gasteiger partial charge on any atom is 0.325 e. The molecule has 0 aliphatic heterocycles. The molecule has 4 N–H and O–H groups in total. The van der Waals surface area contributed by atoms with Crippen molar-refractivity contribution in [2.75, 3.05) is 66.4 Å². The minimum absolute atomic E-state index is 0.115. The number of methoxy groups -OCH3 is 1. The topological polar surface area (TPSA) is 138 Å². The number of nitrogens with two attached hydrogens (primary N) is 1. The van der Waals surface area contributed by atoms with Crippen molar-refractivity contribution in [3.05, 3.63) is 0 Å². The maximum absolute atomic E-state index is 11.8. The molecule has 0 bridgehead atoms. The minimum atomic E-state index is -0.510. The van der Waals surface area contributed by atoms with Gasteiger partial charge in [-0.1, -0.05) is 6.92 Å². The molecule has 170 valence electrons. The van der Waals surface area contributed by atoms with Gasteiger partial charge < -0.3 is 35.3 Å². The van der Waals surface area contributed by atoms with Crippen molar-refractivity contribution >= 4 is 17.8 Å². The number of carbonyl (C=O) groups is 3. The highest BCUT2D eigenvalue weighted by Crippen LogP contribution is 2.05. The first-order chi connectivity index (χ1) is 14.0. The van der Waals surface area contributed by atoms with Crippen LogP contribution >= 0.6 is 0 Å². The summed E-state index contributed by atoms with van der Waals surface area (Å²) in [6, 6.07) is 0. The Labute approximate surface area is 173 Å². The van der Waals surface area contributed by atoms with Gasteiger partial charge in [0.05, 0.1) is 33.5 Å². The van der Waals surface area contributed by atoms with Crippen molar-refractivity contribution < 1.29 is 33.3 Å². The quantitative estimate of drug-likeness (QED) is 0.190. The molecule has 10 heteroatoms. The van der Waals surface area contributed by atoms with Crippen LogP contribution in [-0.2, 0) is 33.3 Å². The molecular weight excluding hydrogens is 382 g/mol. The van der Waals surface area contributed by atoms with Crippen molar-refractivity contribution in [1.29, 1.82) is 0 Å². The van der Waals surface area contributed by atoms with E-state index in [4.69, 9.17) is 19.9 Å². The summed E-state index contributed by atoms with van der Waals surface area (Å²) >= 11 is 0. The Kier molecular flexibility index (Phi) is 18.4. The third-order valence-corrected chi connectivity index (χ3v) is 3.91. The number of carbonyl (C=O) groups excluding carboxylic acids is 3.